The van der Waals surface area contributed by atoms with E-state index in [-0.39, 0.29) is 0 Å². The van der Waals surface area contributed by atoms with E-state index in [9.17, 15) is 0 Å². The number of hydrogen-bond acceptors (Lipinski definition) is 4. The van der Waals surface area contributed by atoms with Crippen molar-refractivity contribution in [3.63, 3.8) is 0 Å². The van der Waals surface area contributed by atoms with Crippen LogP contribution in [0.3, 0.4) is 0 Å². The first-order chi connectivity index (χ1) is 27.8. The Morgan fingerprint density at radius 1 is 0.411 bits per heavy atom. The van der Waals surface area contributed by atoms with Gasteiger partial charge < -0.3 is 4.42 Å². The zero-order valence-corrected chi connectivity index (χ0v) is 30.3. The first kappa shape index (κ1) is 32.0. The predicted molar refractivity (Wildman–Crippen MR) is 226 cm³/mol. The summed E-state index contributed by atoms with van der Waals surface area (Å²) >= 11 is 0. The van der Waals surface area contributed by atoms with Crippen LogP contribution in [-0.4, -0.2) is 15.0 Å². The summed E-state index contributed by atoms with van der Waals surface area (Å²) in [4.78, 5) is 15.1. The maximum absolute atomic E-state index is 6.82. The molecule has 0 saturated carbocycles. The fourth-order valence-electron chi connectivity index (χ4n) is 8.88. The second-order valence-corrected chi connectivity index (χ2v) is 14.4. The summed E-state index contributed by atoms with van der Waals surface area (Å²) in [6.45, 7) is 0. The molecule has 3 aromatic heterocycles. The summed E-state index contributed by atoms with van der Waals surface area (Å²) in [5.41, 5.74) is 15.9. The van der Waals surface area contributed by atoms with Gasteiger partial charge in [0.05, 0.1) is 29.2 Å². The van der Waals surface area contributed by atoms with E-state index in [1.54, 1.807) is 6.20 Å². The summed E-state index contributed by atoms with van der Waals surface area (Å²) in [7, 11) is 0. The summed E-state index contributed by atoms with van der Waals surface area (Å²) in [6, 6.07) is 64.5. The molecule has 4 nitrogen and oxygen atoms in total. The van der Waals surface area contributed by atoms with Gasteiger partial charge in [0.2, 0.25) is 5.71 Å². The van der Waals surface area contributed by atoms with Crippen molar-refractivity contribution < 1.29 is 4.42 Å². The molecule has 7 aromatic carbocycles. The van der Waals surface area contributed by atoms with Crippen LogP contribution >= 0.6 is 0 Å². The highest BCUT2D eigenvalue weighted by Gasteiger charge is 2.48. The number of aromatic nitrogens is 3. The molecule has 1 aliphatic rings. The van der Waals surface area contributed by atoms with Crippen molar-refractivity contribution in [2.45, 2.75) is 5.41 Å². The van der Waals surface area contributed by atoms with Crippen molar-refractivity contribution in [3.8, 4) is 55.9 Å². The zero-order chi connectivity index (χ0) is 37.1. The minimum absolute atomic E-state index is 0.599. The van der Waals surface area contributed by atoms with Crippen molar-refractivity contribution in [2.24, 2.45) is 0 Å². The van der Waals surface area contributed by atoms with Crippen LogP contribution < -0.4 is 0 Å². The summed E-state index contributed by atoms with van der Waals surface area (Å²) < 4.78 is 6.82. The summed E-state index contributed by atoms with van der Waals surface area (Å²) in [5, 5.41) is 1.93. The molecule has 0 saturated heterocycles. The average molecular weight is 716 g/mol. The van der Waals surface area contributed by atoms with E-state index in [2.05, 4.69) is 164 Å². The predicted octanol–water partition coefficient (Wildman–Crippen LogP) is 12.8. The van der Waals surface area contributed by atoms with Gasteiger partial charge in [-0.05, 0) is 86.5 Å². The van der Waals surface area contributed by atoms with Gasteiger partial charge in [0.1, 0.15) is 5.58 Å². The monoisotopic (exact) mass is 715 g/mol. The Kier molecular flexibility index (Phi) is 7.36. The van der Waals surface area contributed by atoms with Crippen molar-refractivity contribution in [1.82, 2.24) is 15.0 Å². The molecule has 56 heavy (non-hydrogen) atoms. The topological polar surface area (TPSA) is 51.8 Å². The van der Waals surface area contributed by atoms with Crippen molar-refractivity contribution >= 4 is 22.1 Å². The molecule has 262 valence electrons. The van der Waals surface area contributed by atoms with E-state index >= 15 is 0 Å². The Hall–Kier alpha value is -7.43. The molecular weight excluding hydrogens is 683 g/mol. The van der Waals surface area contributed by atoms with E-state index in [1.165, 1.54) is 16.7 Å². The Morgan fingerprint density at radius 2 is 0.964 bits per heavy atom. The van der Waals surface area contributed by atoms with Crippen molar-refractivity contribution in [2.75, 3.05) is 0 Å². The smallest absolute Gasteiger partial charge is 0.227 e. The normalized spacial score (nSPS) is 12.8. The molecule has 0 fully saturated rings. The lowest BCUT2D eigenvalue weighted by molar-refractivity contribution is 0.654. The van der Waals surface area contributed by atoms with Gasteiger partial charge in [0.15, 0.2) is 0 Å². The number of furan rings is 1. The molecule has 0 spiro atoms. The Labute approximate surface area is 324 Å². The van der Waals surface area contributed by atoms with Crippen LogP contribution in [0.1, 0.15) is 22.3 Å². The lowest BCUT2D eigenvalue weighted by atomic mass is 9.67. The van der Waals surface area contributed by atoms with Crippen LogP contribution in [0.5, 0.6) is 0 Å². The highest BCUT2D eigenvalue weighted by atomic mass is 16.3. The number of benzene rings is 7. The molecule has 0 N–H and O–H groups in total. The van der Waals surface area contributed by atoms with E-state index in [0.29, 0.717) is 5.71 Å². The molecule has 0 atom stereocenters. The third kappa shape index (κ3) is 4.89. The molecule has 0 unspecified atom stereocenters. The number of nitrogens with zero attached hydrogens (tertiary/aromatic N) is 3. The standard InChI is InChI=1S/C52H33N3O/c1-5-16-34(17-6-1)36-28-37(35-18-7-2-8-19-35)30-38(29-36)46-32-55-47(33-54-46)43-31-45-49(50-48(43)42-25-15-27-53-51(42)56-50)41-24-13-14-26-44(41)52(45,39-20-9-3-10-21-39)40-22-11-4-12-23-40/h1-33H. The quantitative estimate of drug-likeness (QED) is 0.172. The highest BCUT2D eigenvalue weighted by Crippen LogP contribution is 2.59. The maximum Gasteiger partial charge on any atom is 0.227 e. The minimum Gasteiger partial charge on any atom is -0.437 e. The average Bonchev–Trinajstić information content (AvgIpc) is 3.82. The van der Waals surface area contributed by atoms with E-state index in [1.807, 2.05) is 30.6 Å². The van der Waals surface area contributed by atoms with Gasteiger partial charge in [-0.25, -0.2) is 4.98 Å². The van der Waals surface area contributed by atoms with Crippen molar-refractivity contribution in [3.05, 3.63) is 223 Å². The molecule has 4 heteroatoms. The number of rotatable bonds is 6. The van der Waals surface area contributed by atoms with Gasteiger partial charge in [-0.2, -0.15) is 0 Å². The SMILES string of the molecule is c1ccc(-c2cc(-c3ccccc3)cc(-c3cnc(-c4cc5c(c6oc7ncccc7c46)-c4ccccc4C5(c4ccccc4)c4ccccc4)cn3)c2)cc1. The molecule has 0 aliphatic heterocycles. The third-order valence-corrected chi connectivity index (χ3v) is 11.3. The van der Waals surface area contributed by atoms with Crippen LogP contribution in [0.2, 0.25) is 0 Å². The van der Waals surface area contributed by atoms with Crippen LogP contribution in [-0.2, 0) is 5.41 Å². The van der Waals surface area contributed by atoms with Gasteiger partial charge in [-0.3, -0.25) is 9.97 Å². The Bertz CT molecular complexity index is 2950. The molecular formula is C52H33N3O. The number of pyridine rings is 1. The molecule has 10 aromatic rings. The number of hydrogen-bond donors (Lipinski definition) is 0. The van der Waals surface area contributed by atoms with Gasteiger partial charge >= 0.3 is 0 Å². The fraction of sp³-hybridized carbons (Fsp3) is 0.0192. The first-order valence-corrected chi connectivity index (χ1v) is 18.9. The Balaban J connectivity index is 1.16. The van der Waals surface area contributed by atoms with Crippen LogP contribution in [0.4, 0.5) is 0 Å². The van der Waals surface area contributed by atoms with E-state index in [4.69, 9.17) is 19.4 Å². The molecule has 3 heterocycles. The fourth-order valence-corrected chi connectivity index (χ4v) is 8.88. The van der Waals surface area contributed by atoms with E-state index in [0.717, 1.165) is 77.8 Å². The summed E-state index contributed by atoms with van der Waals surface area (Å²) in [5.74, 6) is 0. The molecule has 0 radical (unpaired) electrons. The largest absolute Gasteiger partial charge is 0.437 e. The lowest BCUT2D eigenvalue weighted by Gasteiger charge is -2.34. The molecule has 1 aliphatic carbocycles. The van der Waals surface area contributed by atoms with Gasteiger partial charge in [0.25, 0.3) is 0 Å². The third-order valence-electron chi connectivity index (χ3n) is 11.3. The zero-order valence-electron chi connectivity index (χ0n) is 30.3. The van der Waals surface area contributed by atoms with Gasteiger partial charge in [-0.1, -0.05) is 146 Å². The van der Waals surface area contributed by atoms with Crippen molar-refractivity contribution in [1.29, 1.82) is 0 Å². The molecule has 0 bridgehead atoms. The Morgan fingerprint density at radius 3 is 1.59 bits per heavy atom. The second kappa shape index (κ2) is 12.9. The first-order valence-electron chi connectivity index (χ1n) is 18.9. The van der Waals surface area contributed by atoms with Gasteiger partial charge in [0, 0.05) is 33.7 Å². The number of fused-ring (bicyclic) bond motifs is 7. The van der Waals surface area contributed by atoms with Crippen LogP contribution in [0.25, 0.3) is 78.0 Å². The van der Waals surface area contributed by atoms with Crippen LogP contribution in [0, 0.1) is 0 Å². The van der Waals surface area contributed by atoms with Gasteiger partial charge in [-0.15, -0.1) is 0 Å². The molecule has 0 amide bonds. The maximum atomic E-state index is 6.82. The summed E-state index contributed by atoms with van der Waals surface area (Å²) in [6.07, 6.45) is 5.61. The molecule has 11 rings (SSSR count). The highest BCUT2D eigenvalue weighted by molar-refractivity contribution is 6.17. The van der Waals surface area contributed by atoms with E-state index < -0.39 is 5.41 Å². The minimum atomic E-state index is -0.608. The second-order valence-electron chi connectivity index (χ2n) is 14.4. The lowest BCUT2D eigenvalue weighted by Crippen LogP contribution is -2.28. The van der Waals surface area contributed by atoms with Crippen LogP contribution in [0.15, 0.2) is 205 Å².